The minimum Gasteiger partial charge on any atom is -0.496 e. The van der Waals surface area contributed by atoms with E-state index in [0.29, 0.717) is 0 Å². The molecule has 0 aliphatic carbocycles. The van der Waals surface area contributed by atoms with E-state index in [1.807, 2.05) is 60.7 Å². The molecular weight excluding hydrogens is 444 g/mol. The highest BCUT2D eigenvalue weighted by atomic mass is 32.1. The quantitative estimate of drug-likeness (QED) is 0.353. The molecule has 4 heterocycles. The topological polar surface area (TPSA) is 70.7 Å². The number of nitrogens with zero attached hydrogens (tertiary/aromatic N) is 6. The molecule has 7 nitrogen and oxygen atoms in total. The van der Waals surface area contributed by atoms with E-state index in [1.165, 1.54) is 0 Å². The summed E-state index contributed by atoms with van der Waals surface area (Å²) in [5, 5.41) is 6.64. The van der Waals surface area contributed by atoms with E-state index in [-0.39, 0.29) is 0 Å². The van der Waals surface area contributed by atoms with Crippen molar-refractivity contribution in [2.45, 2.75) is 0 Å². The molecule has 2 aromatic carbocycles. The van der Waals surface area contributed by atoms with Crippen LogP contribution in [0, 0.1) is 0 Å². The van der Waals surface area contributed by atoms with Crippen molar-refractivity contribution in [3.05, 3.63) is 79.5 Å². The molecule has 4 aromatic heterocycles. The van der Waals surface area contributed by atoms with E-state index in [4.69, 9.17) is 9.84 Å². The third-order valence-corrected chi connectivity index (χ3v) is 6.23. The molecule has 34 heavy (non-hydrogen) atoms. The van der Waals surface area contributed by atoms with Crippen molar-refractivity contribution < 1.29 is 4.74 Å². The number of hydrogen-bond donors (Lipinski definition) is 1. The van der Waals surface area contributed by atoms with Gasteiger partial charge in [-0.3, -0.25) is 8.65 Å². The van der Waals surface area contributed by atoms with Gasteiger partial charge in [-0.25, -0.2) is 15.0 Å². The average Bonchev–Trinajstić information content (AvgIpc) is 3.45. The summed E-state index contributed by atoms with van der Waals surface area (Å²) in [6.07, 6.45) is 7.29. The second-order valence-electron chi connectivity index (χ2n) is 8.02. The predicted octanol–water partition coefficient (Wildman–Crippen LogP) is 5.42. The molecular formula is C26H20N6OS. The molecule has 0 unspecified atom stereocenters. The van der Waals surface area contributed by atoms with Gasteiger partial charge in [-0.2, -0.15) is 5.10 Å². The first kappa shape index (κ1) is 20.4. The minimum absolute atomic E-state index is 0.720. The summed E-state index contributed by atoms with van der Waals surface area (Å²) in [5.41, 5.74) is 7.12. The number of aromatic nitrogens is 6. The summed E-state index contributed by atoms with van der Waals surface area (Å²) in [7, 11) is 3.58. The lowest BCUT2D eigenvalue weighted by molar-refractivity contribution is 0.417. The standard InChI is InChI=1S/C26H20N6OS/c1-31-14-21(24(30-31)16-6-4-3-5-7-16)25-20-11-19(23(33-2)12-22(20)28-15-29-25)18-10-17-8-9-32(34)26(17)27-13-18/h3-15,34H,1-2H3. The number of benzene rings is 2. The van der Waals surface area contributed by atoms with Gasteiger partial charge in [0.15, 0.2) is 0 Å². The molecule has 0 radical (unpaired) electrons. The second-order valence-corrected chi connectivity index (χ2v) is 8.45. The van der Waals surface area contributed by atoms with Crippen LogP contribution < -0.4 is 4.74 Å². The van der Waals surface area contributed by atoms with E-state index in [0.717, 1.165) is 61.3 Å². The van der Waals surface area contributed by atoms with Crippen molar-refractivity contribution in [3.63, 3.8) is 0 Å². The monoisotopic (exact) mass is 464 g/mol. The summed E-state index contributed by atoms with van der Waals surface area (Å²) in [6.45, 7) is 0. The third kappa shape index (κ3) is 3.31. The van der Waals surface area contributed by atoms with E-state index < -0.39 is 0 Å². The molecule has 0 bridgehead atoms. The molecule has 8 heteroatoms. The third-order valence-electron chi connectivity index (χ3n) is 5.91. The zero-order valence-electron chi connectivity index (χ0n) is 18.5. The van der Waals surface area contributed by atoms with Gasteiger partial charge in [0.2, 0.25) is 0 Å². The maximum Gasteiger partial charge on any atom is 0.149 e. The lowest BCUT2D eigenvalue weighted by Gasteiger charge is -2.12. The van der Waals surface area contributed by atoms with Crippen LogP contribution in [0.1, 0.15) is 0 Å². The number of ether oxygens (including phenoxy) is 1. The Labute approximate surface area is 201 Å². The molecule has 0 aliphatic rings. The van der Waals surface area contributed by atoms with Gasteiger partial charge >= 0.3 is 0 Å². The zero-order valence-corrected chi connectivity index (χ0v) is 19.4. The predicted molar refractivity (Wildman–Crippen MR) is 137 cm³/mol. The first-order valence-electron chi connectivity index (χ1n) is 10.7. The Morgan fingerprint density at radius 2 is 1.74 bits per heavy atom. The van der Waals surface area contributed by atoms with Gasteiger partial charge in [0.25, 0.3) is 0 Å². The Morgan fingerprint density at radius 3 is 2.56 bits per heavy atom. The maximum atomic E-state index is 5.74. The van der Waals surface area contributed by atoms with Gasteiger partial charge in [-0.15, -0.1) is 0 Å². The molecule has 6 aromatic rings. The Balaban J connectivity index is 1.59. The van der Waals surface area contributed by atoms with Gasteiger partial charge < -0.3 is 4.74 Å². The number of pyridine rings is 1. The molecule has 0 aliphatic heterocycles. The number of methoxy groups -OCH3 is 1. The summed E-state index contributed by atoms with van der Waals surface area (Å²) < 4.78 is 9.26. The molecule has 0 amide bonds. The summed E-state index contributed by atoms with van der Waals surface area (Å²) in [4.78, 5) is 13.8. The fourth-order valence-electron chi connectivity index (χ4n) is 4.32. The van der Waals surface area contributed by atoms with Crippen LogP contribution in [0.4, 0.5) is 0 Å². The molecule has 166 valence electrons. The first-order chi connectivity index (χ1) is 16.6. The van der Waals surface area contributed by atoms with Crippen LogP contribution in [0.3, 0.4) is 0 Å². The summed E-state index contributed by atoms with van der Waals surface area (Å²) in [6, 6.07) is 18.2. The second kappa shape index (κ2) is 8.00. The van der Waals surface area contributed by atoms with Crippen LogP contribution in [0.15, 0.2) is 79.5 Å². The average molecular weight is 465 g/mol. The van der Waals surface area contributed by atoms with Gasteiger partial charge in [0, 0.05) is 64.7 Å². The Bertz CT molecular complexity index is 1670. The SMILES string of the molecule is COc1cc2ncnc(-c3cn(C)nc3-c3ccccc3)c2cc1-c1cnc2c(ccn2S)c1. The highest BCUT2D eigenvalue weighted by Gasteiger charge is 2.19. The smallest absolute Gasteiger partial charge is 0.149 e. The molecule has 0 fully saturated rings. The van der Waals surface area contributed by atoms with Crippen molar-refractivity contribution >= 4 is 34.8 Å². The fourth-order valence-corrected chi connectivity index (χ4v) is 4.56. The molecule has 0 N–H and O–H groups in total. The summed E-state index contributed by atoms with van der Waals surface area (Å²) in [5.74, 6) is 0.720. The van der Waals surface area contributed by atoms with E-state index in [2.05, 4.69) is 52.0 Å². The van der Waals surface area contributed by atoms with Crippen molar-refractivity contribution in [1.29, 1.82) is 0 Å². The molecule has 6 rings (SSSR count). The van der Waals surface area contributed by atoms with Crippen LogP contribution in [0.2, 0.25) is 0 Å². The van der Waals surface area contributed by atoms with Crippen molar-refractivity contribution in [3.8, 4) is 39.4 Å². The number of aryl methyl sites for hydroxylation is 1. The molecule has 0 atom stereocenters. The van der Waals surface area contributed by atoms with Crippen LogP contribution in [0.25, 0.3) is 55.6 Å². The van der Waals surface area contributed by atoms with Crippen molar-refractivity contribution in [2.75, 3.05) is 7.11 Å². The highest BCUT2D eigenvalue weighted by Crippen LogP contribution is 2.39. The van der Waals surface area contributed by atoms with E-state index >= 15 is 0 Å². The number of thiol groups is 1. The van der Waals surface area contributed by atoms with Crippen LogP contribution >= 0.6 is 12.8 Å². The lowest BCUT2D eigenvalue weighted by atomic mass is 9.98. The molecule has 0 spiro atoms. The maximum absolute atomic E-state index is 5.74. The van der Waals surface area contributed by atoms with Crippen LogP contribution in [-0.2, 0) is 7.05 Å². The van der Waals surface area contributed by atoms with Gasteiger partial charge in [-0.1, -0.05) is 43.1 Å². The van der Waals surface area contributed by atoms with E-state index in [1.54, 1.807) is 17.4 Å². The zero-order chi connectivity index (χ0) is 23.2. The molecule has 0 saturated heterocycles. The molecule has 0 saturated carbocycles. The Morgan fingerprint density at radius 1 is 0.882 bits per heavy atom. The van der Waals surface area contributed by atoms with Gasteiger partial charge in [-0.05, 0) is 18.2 Å². The van der Waals surface area contributed by atoms with Crippen molar-refractivity contribution in [1.82, 2.24) is 28.7 Å². The summed E-state index contributed by atoms with van der Waals surface area (Å²) >= 11 is 4.41. The van der Waals surface area contributed by atoms with Gasteiger partial charge in [0.1, 0.15) is 23.4 Å². The Kier molecular flexibility index (Phi) is 4.81. The normalized spacial score (nSPS) is 11.4. The largest absolute Gasteiger partial charge is 0.496 e. The lowest BCUT2D eigenvalue weighted by Crippen LogP contribution is -1.94. The minimum atomic E-state index is 0.720. The Hall–Kier alpha value is -4.17. The van der Waals surface area contributed by atoms with Crippen LogP contribution in [-0.4, -0.2) is 35.8 Å². The van der Waals surface area contributed by atoms with Crippen LogP contribution in [0.5, 0.6) is 5.75 Å². The van der Waals surface area contributed by atoms with Gasteiger partial charge in [0.05, 0.1) is 18.3 Å². The number of rotatable bonds is 4. The number of hydrogen-bond acceptors (Lipinski definition) is 6. The van der Waals surface area contributed by atoms with Crippen molar-refractivity contribution in [2.24, 2.45) is 7.05 Å². The van der Waals surface area contributed by atoms with E-state index in [9.17, 15) is 0 Å². The first-order valence-corrected chi connectivity index (χ1v) is 11.1. The number of fused-ring (bicyclic) bond motifs is 2. The fraction of sp³-hybridized carbons (Fsp3) is 0.0769. The highest BCUT2D eigenvalue weighted by molar-refractivity contribution is 7.78.